The van der Waals surface area contributed by atoms with E-state index in [1.807, 2.05) is 33.6 Å². The van der Waals surface area contributed by atoms with Crippen molar-refractivity contribution in [2.24, 2.45) is 0 Å². The third-order valence-electron chi connectivity index (χ3n) is 2.76. The van der Waals surface area contributed by atoms with Crippen molar-refractivity contribution in [1.29, 1.82) is 0 Å². The van der Waals surface area contributed by atoms with E-state index in [9.17, 15) is 0 Å². The van der Waals surface area contributed by atoms with E-state index in [0.29, 0.717) is 6.54 Å². The Morgan fingerprint density at radius 1 is 1.22 bits per heavy atom. The first-order chi connectivity index (χ1) is 8.83. The van der Waals surface area contributed by atoms with Gasteiger partial charge in [0.25, 0.3) is 0 Å². The average molecular weight is 239 g/mol. The van der Waals surface area contributed by atoms with Crippen LogP contribution in [-0.4, -0.2) is 24.5 Å². The van der Waals surface area contributed by atoms with Gasteiger partial charge < -0.3 is 0 Å². The van der Waals surface area contributed by atoms with Crippen LogP contribution in [0.1, 0.15) is 11.4 Å². The smallest absolute Gasteiger partial charge is 0.159 e. The highest BCUT2D eigenvalue weighted by atomic mass is 15.3. The van der Waals surface area contributed by atoms with Gasteiger partial charge in [-0.15, -0.1) is 10.2 Å². The van der Waals surface area contributed by atoms with Gasteiger partial charge in [0.15, 0.2) is 5.82 Å². The van der Waals surface area contributed by atoms with E-state index in [1.54, 1.807) is 12.5 Å². The highest BCUT2D eigenvalue weighted by Gasteiger charge is 2.07. The van der Waals surface area contributed by atoms with Crippen molar-refractivity contribution < 1.29 is 0 Å². The zero-order valence-corrected chi connectivity index (χ0v) is 10.1. The molecule has 0 spiro atoms. The summed E-state index contributed by atoms with van der Waals surface area (Å²) in [7, 11) is 0. The largest absolute Gasteiger partial charge is 0.284 e. The quantitative estimate of drug-likeness (QED) is 0.700. The van der Waals surface area contributed by atoms with E-state index < -0.39 is 0 Å². The third kappa shape index (κ3) is 2.02. The first-order valence-electron chi connectivity index (χ1n) is 5.76. The molecule has 3 rings (SSSR count). The van der Waals surface area contributed by atoms with E-state index in [-0.39, 0.29) is 0 Å². The minimum atomic E-state index is 0.612. The van der Waals surface area contributed by atoms with Crippen LogP contribution in [0, 0.1) is 6.92 Å². The molecule has 0 N–H and O–H groups in total. The molecule has 2 heterocycles. The van der Waals surface area contributed by atoms with E-state index >= 15 is 0 Å². The van der Waals surface area contributed by atoms with Gasteiger partial charge in [-0.2, -0.15) is 5.10 Å². The molecular weight excluding hydrogens is 226 g/mol. The normalized spacial score (nSPS) is 10.7. The summed E-state index contributed by atoms with van der Waals surface area (Å²) in [6.07, 6.45) is 5.40. The molecule has 0 unspecified atom stereocenters. The van der Waals surface area contributed by atoms with Gasteiger partial charge in [-0.25, -0.2) is 0 Å². The summed E-state index contributed by atoms with van der Waals surface area (Å²) < 4.78 is 3.81. The maximum Gasteiger partial charge on any atom is 0.159 e. The van der Waals surface area contributed by atoms with Crippen molar-refractivity contribution in [2.45, 2.75) is 13.5 Å². The van der Waals surface area contributed by atoms with Crippen LogP contribution in [0.3, 0.4) is 0 Å². The van der Waals surface area contributed by atoms with E-state index in [2.05, 4.69) is 34.4 Å². The second-order valence-corrected chi connectivity index (χ2v) is 4.16. The summed E-state index contributed by atoms with van der Waals surface area (Å²) >= 11 is 0. The van der Waals surface area contributed by atoms with Crippen LogP contribution in [0.5, 0.6) is 0 Å². The maximum atomic E-state index is 4.18. The van der Waals surface area contributed by atoms with Crippen LogP contribution in [0.2, 0.25) is 0 Å². The molecule has 18 heavy (non-hydrogen) atoms. The lowest BCUT2D eigenvalue weighted by Gasteiger charge is -2.07. The van der Waals surface area contributed by atoms with Gasteiger partial charge in [0.2, 0.25) is 0 Å². The topological polar surface area (TPSA) is 48.5 Å². The number of aryl methyl sites for hydroxylation is 1. The molecule has 0 atom stereocenters. The molecule has 2 aromatic heterocycles. The van der Waals surface area contributed by atoms with Crippen molar-refractivity contribution in [1.82, 2.24) is 24.5 Å². The van der Waals surface area contributed by atoms with Crippen LogP contribution in [-0.2, 0) is 6.54 Å². The van der Waals surface area contributed by atoms with Gasteiger partial charge in [-0.05, 0) is 30.7 Å². The summed E-state index contributed by atoms with van der Waals surface area (Å²) in [5, 5.41) is 12.3. The predicted molar refractivity (Wildman–Crippen MR) is 67.4 cm³/mol. The molecule has 0 aliphatic rings. The van der Waals surface area contributed by atoms with Crippen molar-refractivity contribution in [2.75, 3.05) is 0 Å². The van der Waals surface area contributed by atoms with Crippen molar-refractivity contribution in [3.05, 3.63) is 60.4 Å². The summed E-state index contributed by atoms with van der Waals surface area (Å²) in [5.41, 5.74) is 2.29. The minimum absolute atomic E-state index is 0.612. The van der Waals surface area contributed by atoms with Gasteiger partial charge in [0, 0.05) is 18.1 Å². The summed E-state index contributed by atoms with van der Waals surface area (Å²) in [6.45, 7) is 2.68. The van der Waals surface area contributed by atoms with E-state index in [0.717, 1.165) is 11.5 Å². The van der Waals surface area contributed by atoms with Crippen molar-refractivity contribution in [3.8, 4) is 5.69 Å². The molecule has 0 saturated heterocycles. The molecule has 5 nitrogen and oxygen atoms in total. The number of hydrogen-bond donors (Lipinski definition) is 0. The summed E-state index contributed by atoms with van der Waals surface area (Å²) in [5.74, 6) is 0.865. The van der Waals surface area contributed by atoms with Gasteiger partial charge in [0.05, 0.1) is 0 Å². The van der Waals surface area contributed by atoms with E-state index in [4.69, 9.17) is 0 Å². The van der Waals surface area contributed by atoms with Gasteiger partial charge in [-0.3, -0.25) is 9.25 Å². The average Bonchev–Trinajstić information content (AvgIpc) is 3.01. The second kappa shape index (κ2) is 4.44. The number of aromatic nitrogens is 5. The van der Waals surface area contributed by atoms with Crippen LogP contribution in [0.25, 0.3) is 5.69 Å². The zero-order valence-electron chi connectivity index (χ0n) is 10.1. The Labute approximate surface area is 105 Å². The molecule has 5 heteroatoms. The van der Waals surface area contributed by atoms with Crippen molar-refractivity contribution in [3.63, 3.8) is 0 Å². The minimum Gasteiger partial charge on any atom is -0.284 e. The highest BCUT2D eigenvalue weighted by molar-refractivity contribution is 5.36. The van der Waals surface area contributed by atoms with Crippen LogP contribution in [0.15, 0.2) is 49.1 Å². The monoisotopic (exact) mass is 239 g/mol. The van der Waals surface area contributed by atoms with Crippen molar-refractivity contribution >= 4 is 0 Å². The Hall–Kier alpha value is -2.43. The van der Waals surface area contributed by atoms with Gasteiger partial charge in [0.1, 0.15) is 12.9 Å². The molecule has 0 aliphatic carbocycles. The standard InChI is InChI=1S/C13H13N5/c1-11-4-2-5-12(8-11)18-10-14-16-13(18)9-17-7-3-6-15-17/h2-8,10H,9H2,1H3. The highest BCUT2D eigenvalue weighted by Crippen LogP contribution is 2.12. The zero-order chi connectivity index (χ0) is 12.4. The molecule has 0 bridgehead atoms. The van der Waals surface area contributed by atoms with Crippen LogP contribution < -0.4 is 0 Å². The van der Waals surface area contributed by atoms with Gasteiger partial charge >= 0.3 is 0 Å². The molecule has 0 amide bonds. The molecule has 0 aliphatic heterocycles. The van der Waals surface area contributed by atoms with Gasteiger partial charge in [-0.1, -0.05) is 12.1 Å². The Morgan fingerprint density at radius 2 is 2.17 bits per heavy atom. The fraction of sp³-hybridized carbons (Fsp3) is 0.154. The first-order valence-corrected chi connectivity index (χ1v) is 5.76. The molecule has 90 valence electrons. The molecule has 0 fully saturated rings. The van der Waals surface area contributed by atoms with Crippen LogP contribution >= 0.6 is 0 Å². The lowest BCUT2D eigenvalue weighted by Crippen LogP contribution is -2.07. The summed E-state index contributed by atoms with van der Waals surface area (Å²) in [4.78, 5) is 0. The maximum absolute atomic E-state index is 4.18. The number of nitrogens with zero attached hydrogens (tertiary/aromatic N) is 5. The number of rotatable bonds is 3. The lowest BCUT2D eigenvalue weighted by molar-refractivity contribution is 0.644. The Kier molecular flexibility index (Phi) is 2.64. The molecular formula is C13H13N5. The second-order valence-electron chi connectivity index (χ2n) is 4.16. The third-order valence-corrected chi connectivity index (χ3v) is 2.76. The van der Waals surface area contributed by atoms with E-state index in [1.165, 1.54) is 5.56 Å². The predicted octanol–water partition coefficient (Wildman–Crippen LogP) is 1.82. The molecule has 3 aromatic rings. The molecule has 0 saturated carbocycles. The Bertz CT molecular complexity index is 639. The number of hydrogen-bond acceptors (Lipinski definition) is 3. The Balaban J connectivity index is 1.96. The SMILES string of the molecule is Cc1cccc(-n2cnnc2Cn2cccn2)c1. The fourth-order valence-corrected chi connectivity index (χ4v) is 1.90. The Morgan fingerprint density at radius 3 is 2.94 bits per heavy atom. The van der Waals surface area contributed by atoms with Crippen LogP contribution in [0.4, 0.5) is 0 Å². The molecule has 1 aromatic carbocycles. The summed E-state index contributed by atoms with van der Waals surface area (Å²) in [6, 6.07) is 10.1. The first kappa shape index (κ1) is 10.7. The fourth-order valence-electron chi connectivity index (χ4n) is 1.90. The molecule has 0 radical (unpaired) electrons. The lowest BCUT2D eigenvalue weighted by atomic mass is 10.2. The number of benzene rings is 1.